The van der Waals surface area contributed by atoms with Crippen molar-refractivity contribution < 1.29 is 4.74 Å². The van der Waals surface area contributed by atoms with Gasteiger partial charge >= 0.3 is 0 Å². The molecule has 0 saturated carbocycles. The molecule has 1 fully saturated rings. The van der Waals surface area contributed by atoms with Crippen LogP contribution in [0, 0.1) is 0 Å². The summed E-state index contributed by atoms with van der Waals surface area (Å²) in [6, 6.07) is 12.6. The third-order valence-electron chi connectivity index (χ3n) is 4.44. The molecule has 0 radical (unpaired) electrons. The van der Waals surface area contributed by atoms with E-state index in [1.807, 2.05) is 12.3 Å². The molecule has 0 spiro atoms. The van der Waals surface area contributed by atoms with Crippen molar-refractivity contribution in [1.29, 1.82) is 0 Å². The van der Waals surface area contributed by atoms with Crippen LogP contribution in [0.25, 0.3) is 10.1 Å². The lowest BCUT2D eigenvalue weighted by molar-refractivity contribution is 0.249. The minimum absolute atomic E-state index is 0.681. The van der Waals surface area contributed by atoms with Crippen molar-refractivity contribution in [3.8, 4) is 5.88 Å². The Labute approximate surface area is 145 Å². The first kappa shape index (κ1) is 15.4. The van der Waals surface area contributed by atoms with Gasteiger partial charge in [-0.25, -0.2) is 4.98 Å². The van der Waals surface area contributed by atoms with Crippen molar-refractivity contribution in [2.24, 2.45) is 0 Å². The first-order chi connectivity index (χ1) is 11.8. The molecule has 1 aliphatic heterocycles. The number of rotatable bonds is 4. The molecule has 1 aliphatic rings. The molecular formula is C18H20N4OS. The maximum Gasteiger partial charge on any atom is 0.213 e. The zero-order valence-electron chi connectivity index (χ0n) is 13.7. The zero-order valence-corrected chi connectivity index (χ0v) is 14.5. The normalized spacial score (nSPS) is 15.8. The van der Waals surface area contributed by atoms with Crippen LogP contribution in [-0.2, 0) is 6.54 Å². The van der Waals surface area contributed by atoms with Crippen molar-refractivity contribution in [1.82, 2.24) is 14.3 Å². The van der Waals surface area contributed by atoms with Crippen LogP contribution >= 0.6 is 11.5 Å². The number of fused-ring (bicyclic) bond motifs is 1. The van der Waals surface area contributed by atoms with E-state index in [9.17, 15) is 0 Å². The highest BCUT2D eigenvalue weighted by atomic mass is 32.1. The number of hydrogen-bond acceptors (Lipinski definition) is 6. The Morgan fingerprint density at radius 1 is 1.12 bits per heavy atom. The molecule has 4 rings (SSSR count). The predicted octanol–water partition coefficient (Wildman–Crippen LogP) is 3.02. The summed E-state index contributed by atoms with van der Waals surface area (Å²) >= 11 is 1.59. The van der Waals surface area contributed by atoms with Gasteiger partial charge < -0.3 is 9.64 Å². The Morgan fingerprint density at radius 2 is 1.96 bits per heavy atom. The summed E-state index contributed by atoms with van der Waals surface area (Å²) in [5.74, 6) is 1.82. The molecule has 0 bridgehead atoms. The van der Waals surface area contributed by atoms with Gasteiger partial charge in [0, 0.05) is 50.4 Å². The van der Waals surface area contributed by atoms with E-state index in [1.54, 1.807) is 18.6 Å². The van der Waals surface area contributed by atoms with E-state index in [0.717, 1.165) is 38.5 Å². The van der Waals surface area contributed by atoms with Gasteiger partial charge in [0.15, 0.2) is 0 Å². The molecule has 5 nitrogen and oxygen atoms in total. The number of aromatic nitrogens is 2. The molecule has 0 unspecified atom stereocenters. The van der Waals surface area contributed by atoms with Crippen molar-refractivity contribution in [3.05, 3.63) is 48.2 Å². The number of benzene rings is 1. The van der Waals surface area contributed by atoms with Crippen LogP contribution in [0.1, 0.15) is 5.56 Å². The van der Waals surface area contributed by atoms with Gasteiger partial charge in [0.05, 0.1) is 11.8 Å². The number of pyridine rings is 1. The molecule has 3 aromatic rings. The Kier molecular flexibility index (Phi) is 4.32. The third-order valence-corrected chi connectivity index (χ3v) is 5.26. The van der Waals surface area contributed by atoms with Crippen LogP contribution in [0.3, 0.4) is 0 Å². The zero-order chi connectivity index (χ0) is 16.4. The van der Waals surface area contributed by atoms with Gasteiger partial charge in [0.25, 0.3) is 0 Å². The molecule has 3 heterocycles. The maximum atomic E-state index is 5.21. The van der Waals surface area contributed by atoms with Crippen LogP contribution in [0.5, 0.6) is 5.88 Å². The first-order valence-corrected chi connectivity index (χ1v) is 8.91. The van der Waals surface area contributed by atoms with Gasteiger partial charge in [-0.05, 0) is 35.3 Å². The summed E-state index contributed by atoms with van der Waals surface area (Å²) in [7, 11) is 1.66. The third kappa shape index (κ3) is 3.07. The number of nitrogens with zero attached hydrogens (tertiary/aromatic N) is 4. The molecule has 124 valence electrons. The van der Waals surface area contributed by atoms with Gasteiger partial charge in [-0.2, -0.15) is 4.37 Å². The van der Waals surface area contributed by atoms with E-state index >= 15 is 0 Å². The van der Waals surface area contributed by atoms with Gasteiger partial charge in [-0.15, -0.1) is 0 Å². The van der Waals surface area contributed by atoms with Crippen LogP contribution in [-0.4, -0.2) is 47.5 Å². The van der Waals surface area contributed by atoms with E-state index in [1.165, 1.54) is 15.6 Å². The highest BCUT2D eigenvalue weighted by Crippen LogP contribution is 2.29. The Bertz CT molecular complexity index is 827. The second-order valence-corrected chi connectivity index (χ2v) is 6.78. The summed E-state index contributed by atoms with van der Waals surface area (Å²) < 4.78 is 11.1. The molecule has 1 saturated heterocycles. The second-order valence-electron chi connectivity index (χ2n) is 5.97. The summed E-state index contributed by atoms with van der Waals surface area (Å²) in [5.41, 5.74) is 1.24. The van der Waals surface area contributed by atoms with Crippen molar-refractivity contribution in [2.45, 2.75) is 6.54 Å². The SMILES string of the molecule is COc1cc(CN2CCN(c3nsc4ccccc34)CC2)ccn1. The van der Waals surface area contributed by atoms with Crippen LogP contribution in [0.4, 0.5) is 5.82 Å². The van der Waals surface area contributed by atoms with Crippen LogP contribution in [0.15, 0.2) is 42.6 Å². The topological polar surface area (TPSA) is 41.5 Å². The highest BCUT2D eigenvalue weighted by molar-refractivity contribution is 7.13. The van der Waals surface area contributed by atoms with Crippen molar-refractivity contribution >= 4 is 27.4 Å². The molecule has 0 N–H and O–H groups in total. The van der Waals surface area contributed by atoms with Gasteiger partial charge in [0.2, 0.25) is 5.88 Å². The number of ether oxygens (including phenoxy) is 1. The monoisotopic (exact) mass is 340 g/mol. The molecule has 0 aliphatic carbocycles. The van der Waals surface area contributed by atoms with E-state index in [0.29, 0.717) is 5.88 Å². The predicted molar refractivity (Wildman–Crippen MR) is 97.9 cm³/mol. The molecule has 2 aromatic heterocycles. The lowest BCUT2D eigenvalue weighted by atomic mass is 10.2. The fourth-order valence-corrected chi connectivity index (χ4v) is 3.93. The van der Waals surface area contributed by atoms with Gasteiger partial charge in [-0.1, -0.05) is 12.1 Å². The molecule has 6 heteroatoms. The molecule has 1 aromatic carbocycles. The maximum absolute atomic E-state index is 5.21. The second kappa shape index (κ2) is 6.75. The average molecular weight is 340 g/mol. The fourth-order valence-electron chi connectivity index (χ4n) is 3.14. The fraction of sp³-hybridized carbons (Fsp3) is 0.333. The average Bonchev–Trinajstić information content (AvgIpc) is 3.07. The van der Waals surface area contributed by atoms with Crippen LogP contribution in [0.2, 0.25) is 0 Å². The van der Waals surface area contributed by atoms with Crippen molar-refractivity contribution in [2.75, 3.05) is 38.2 Å². The Morgan fingerprint density at radius 3 is 2.79 bits per heavy atom. The summed E-state index contributed by atoms with van der Waals surface area (Å²) in [5, 5.41) is 1.27. The molecule has 24 heavy (non-hydrogen) atoms. The molecule has 0 amide bonds. The van der Waals surface area contributed by atoms with Crippen LogP contribution < -0.4 is 9.64 Å². The van der Waals surface area contributed by atoms with E-state index in [-0.39, 0.29) is 0 Å². The summed E-state index contributed by atoms with van der Waals surface area (Å²) in [4.78, 5) is 9.05. The summed E-state index contributed by atoms with van der Waals surface area (Å²) in [6.45, 7) is 5.03. The minimum atomic E-state index is 0.681. The standard InChI is InChI=1S/C18H20N4OS/c1-23-17-12-14(6-7-19-17)13-21-8-10-22(11-9-21)18-15-4-2-3-5-16(15)24-20-18/h2-7,12H,8-11,13H2,1H3. The molecule has 0 atom stereocenters. The number of piperazine rings is 1. The summed E-state index contributed by atoms with van der Waals surface area (Å²) in [6.07, 6.45) is 1.81. The Hall–Kier alpha value is -2.18. The first-order valence-electron chi connectivity index (χ1n) is 8.14. The van der Waals surface area contributed by atoms with E-state index < -0.39 is 0 Å². The lowest BCUT2D eigenvalue weighted by Gasteiger charge is -2.35. The Balaban J connectivity index is 1.41. The van der Waals surface area contributed by atoms with E-state index in [2.05, 4.69) is 49.5 Å². The largest absolute Gasteiger partial charge is 0.481 e. The molecular weight excluding hydrogens is 320 g/mol. The lowest BCUT2D eigenvalue weighted by Crippen LogP contribution is -2.46. The number of anilines is 1. The number of methoxy groups -OCH3 is 1. The van der Waals surface area contributed by atoms with Gasteiger partial charge in [-0.3, -0.25) is 4.90 Å². The minimum Gasteiger partial charge on any atom is -0.481 e. The smallest absolute Gasteiger partial charge is 0.213 e. The number of hydrogen-bond donors (Lipinski definition) is 0. The van der Waals surface area contributed by atoms with Crippen molar-refractivity contribution in [3.63, 3.8) is 0 Å². The highest BCUT2D eigenvalue weighted by Gasteiger charge is 2.20. The van der Waals surface area contributed by atoms with E-state index in [4.69, 9.17) is 4.74 Å². The quantitative estimate of drug-likeness (QED) is 0.730. The van der Waals surface area contributed by atoms with Gasteiger partial charge in [0.1, 0.15) is 5.82 Å².